The monoisotopic (exact) mass is 363 g/mol. The van der Waals surface area contributed by atoms with E-state index in [0.29, 0.717) is 16.3 Å². The summed E-state index contributed by atoms with van der Waals surface area (Å²) in [5.74, 6) is -1.74. The Labute approximate surface area is 144 Å². The van der Waals surface area contributed by atoms with Gasteiger partial charge in [-0.15, -0.1) is 0 Å². The van der Waals surface area contributed by atoms with Crippen LogP contribution in [0.2, 0.25) is 5.02 Å². The van der Waals surface area contributed by atoms with Gasteiger partial charge in [0.05, 0.1) is 6.04 Å². The van der Waals surface area contributed by atoms with Gasteiger partial charge in [-0.2, -0.15) is 0 Å². The molecule has 0 saturated carbocycles. The molecule has 1 aliphatic rings. The van der Waals surface area contributed by atoms with Gasteiger partial charge in [0, 0.05) is 17.0 Å². The van der Waals surface area contributed by atoms with E-state index in [2.05, 4.69) is 0 Å². The lowest BCUT2D eigenvalue weighted by Gasteiger charge is -2.27. The predicted octanol–water partition coefficient (Wildman–Crippen LogP) is 2.41. The van der Waals surface area contributed by atoms with Crippen LogP contribution < -0.4 is 4.90 Å². The normalized spacial score (nSPS) is 21.3. The van der Waals surface area contributed by atoms with Crippen LogP contribution in [0, 0.1) is 0 Å². The molecule has 1 saturated heterocycles. The third kappa shape index (κ3) is 2.83. The molecule has 0 N–H and O–H groups in total. The van der Waals surface area contributed by atoms with Gasteiger partial charge >= 0.3 is 0 Å². The number of benzene rings is 2. The number of para-hydroxylation sites is 1. The number of halogens is 1. The molecule has 1 fully saturated rings. The third-order valence-corrected chi connectivity index (χ3v) is 5.61. The maximum atomic E-state index is 12.5. The number of carbonyl (C=O) groups excluding carboxylic acids is 2. The molecular formula is C17H14ClNO4S. The number of nitrogens with zero attached hydrogens (tertiary/aromatic N) is 1. The van der Waals surface area contributed by atoms with Crippen molar-refractivity contribution in [2.45, 2.75) is 11.3 Å². The highest BCUT2D eigenvalue weighted by Crippen LogP contribution is 2.39. The van der Waals surface area contributed by atoms with Gasteiger partial charge < -0.3 is 0 Å². The second kappa shape index (κ2) is 6.03. The Morgan fingerprint density at radius 1 is 0.958 bits per heavy atom. The van der Waals surface area contributed by atoms with Crippen LogP contribution in [-0.2, 0) is 19.4 Å². The van der Waals surface area contributed by atoms with Crippen molar-refractivity contribution in [2.75, 3.05) is 11.2 Å². The van der Waals surface area contributed by atoms with Gasteiger partial charge in [0.15, 0.2) is 15.1 Å². The average molecular weight is 364 g/mol. The van der Waals surface area contributed by atoms with Gasteiger partial charge in [-0.25, -0.2) is 8.42 Å². The second-order valence-electron chi connectivity index (χ2n) is 5.62. The van der Waals surface area contributed by atoms with Crippen LogP contribution in [0.15, 0.2) is 54.6 Å². The minimum Gasteiger partial charge on any atom is -0.296 e. The molecule has 1 aliphatic heterocycles. The topological polar surface area (TPSA) is 71.5 Å². The van der Waals surface area contributed by atoms with E-state index in [1.807, 2.05) is 0 Å². The van der Waals surface area contributed by atoms with Crippen LogP contribution in [0.3, 0.4) is 0 Å². The Bertz CT molecular complexity index is 894. The minimum absolute atomic E-state index is 0.474. The van der Waals surface area contributed by atoms with Crippen molar-refractivity contribution < 1.29 is 18.0 Å². The lowest BCUT2D eigenvalue weighted by Crippen LogP contribution is -2.33. The fraction of sp³-hybridized carbons (Fsp3) is 0.176. The van der Waals surface area contributed by atoms with Gasteiger partial charge in [0.2, 0.25) is 5.78 Å². The number of rotatable bonds is 3. The van der Waals surface area contributed by atoms with E-state index in [0.717, 1.165) is 6.26 Å². The standard InChI is InChI=1S/C17H14ClNO4S/c1-24(22,23)16-14(11-7-9-12(18)10-8-11)19(17(21)15(16)20)13-5-3-2-4-6-13/h2-10,14,16H,1H3/t14-,16-/m1/s1. The number of carbonyl (C=O) groups is 2. The van der Waals surface area contributed by atoms with Gasteiger partial charge in [0.1, 0.15) is 0 Å². The summed E-state index contributed by atoms with van der Waals surface area (Å²) in [6, 6.07) is 14.1. The number of anilines is 1. The van der Waals surface area contributed by atoms with E-state index >= 15 is 0 Å². The van der Waals surface area contributed by atoms with Gasteiger partial charge in [-0.05, 0) is 29.8 Å². The Morgan fingerprint density at radius 2 is 1.54 bits per heavy atom. The fourth-order valence-corrected chi connectivity index (χ4v) is 4.29. The van der Waals surface area contributed by atoms with E-state index in [4.69, 9.17) is 11.6 Å². The molecule has 2 aromatic rings. The second-order valence-corrected chi connectivity index (χ2v) is 8.22. The van der Waals surface area contributed by atoms with Crippen molar-refractivity contribution in [1.82, 2.24) is 0 Å². The Kier molecular flexibility index (Phi) is 4.19. The number of ketones is 1. The molecule has 0 radical (unpaired) electrons. The Hall–Kier alpha value is -2.18. The molecule has 0 unspecified atom stereocenters. The SMILES string of the molecule is CS(=O)(=O)[C@H]1C(=O)C(=O)N(c2ccccc2)[C@@H]1c1ccc(Cl)cc1. The Morgan fingerprint density at radius 3 is 2.08 bits per heavy atom. The zero-order chi connectivity index (χ0) is 17.5. The number of hydrogen-bond acceptors (Lipinski definition) is 4. The molecule has 124 valence electrons. The summed E-state index contributed by atoms with van der Waals surface area (Å²) >= 11 is 5.89. The molecule has 7 heteroatoms. The van der Waals surface area contributed by atoms with Crippen molar-refractivity contribution in [2.24, 2.45) is 0 Å². The molecule has 0 spiro atoms. The van der Waals surface area contributed by atoms with Crippen LogP contribution in [0.1, 0.15) is 11.6 Å². The summed E-state index contributed by atoms with van der Waals surface area (Å²) < 4.78 is 24.4. The van der Waals surface area contributed by atoms with Crippen LogP contribution in [0.5, 0.6) is 0 Å². The highest BCUT2D eigenvalue weighted by Gasteiger charge is 2.53. The maximum absolute atomic E-state index is 12.5. The molecule has 0 bridgehead atoms. The first kappa shape index (κ1) is 16.7. The largest absolute Gasteiger partial charge is 0.296 e. The number of Topliss-reactive ketones (excluding diaryl/α,β-unsaturated/α-hetero) is 1. The maximum Gasteiger partial charge on any atom is 0.296 e. The fourth-order valence-electron chi connectivity index (χ4n) is 2.92. The first-order valence-corrected chi connectivity index (χ1v) is 9.51. The summed E-state index contributed by atoms with van der Waals surface area (Å²) in [7, 11) is -3.78. The molecule has 1 heterocycles. The van der Waals surface area contributed by atoms with E-state index < -0.39 is 32.8 Å². The van der Waals surface area contributed by atoms with Crippen molar-refractivity contribution >= 4 is 38.8 Å². The summed E-state index contributed by atoms with van der Waals surface area (Å²) in [4.78, 5) is 26.1. The highest BCUT2D eigenvalue weighted by molar-refractivity contribution is 7.92. The zero-order valence-electron chi connectivity index (χ0n) is 12.7. The predicted molar refractivity (Wildman–Crippen MR) is 91.8 cm³/mol. The van der Waals surface area contributed by atoms with E-state index in [9.17, 15) is 18.0 Å². The van der Waals surface area contributed by atoms with Crippen molar-refractivity contribution in [3.05, 3.63) is 65.2 Å². The molecule has 1 amide bonds. The highest BCUT2D eigenvalue weighted by atomic mass is 35.5. The summed E-state index contributed by atoms with van der Waals surface area (Å²) in [5.41, 5.74) is 1.01. The first-order chi connectivity index (χ1) is 11.3. The van der Waals surface area contributed by atoms with Crippen molar-refractivity contribution in [3.63, 3.8) is 0 Å². The Balaban J connectivity index is 2.21. The smallest absolute Gasteiger partial charge is 0.296 e. The lowest BCUT2D eigenvalue weighted by atomic mass is 10.0. The van der Waals surface area contributed by atoms with Gasteiger partial charge in [-0.3, -0.25) is 14.5 Å². The lowest BCUT2D eigenvalue weighted by molar-refractivity contribution is -0.133. The molecule has 5 nitrogen and oxygen atoms in total. The summed E-state index contributed by atoms with van der Waals surface area (Å²) in [6.45, 7) is 0. The van der Waals surface area contributed by atoms with E-state index in [1.165, 1.54) is 4.90 Å². The number of hydrogen-bond donors (Lipinski definition) is 0. The van der Waals surface area contributed by atoms with Crippen molar-refractivity contribution in [1.29, 1.82) is 0 Å². The average Bonchev–Trinajstić information content (AvgIpc) is 2.81. The van der Waals surface area contributed by atoms with Crippen LogP contribution in [0.4, 0.5) is 5.69 Å². The zero-order valence-corrected chi connectivity index (χ0v) is 14.3. The summed E-state index contributed by atoms with van der Waals surface area (Å²) in [5, 5.41) is -0.956. The van der Waals surface area contributed by atoms with Crippen LogP contribution in [-0.4, -0.2) is 31.6 Å². The molecule has 0 aliphatic carbocycles. The molecule has 0 aromatic heterocycles. The quantitative estimate of drug-likeness (QED) is 0.785. The first-order valence-electron chi connectivity index (χ1n) is 7.17. The minimum atomic E-state index is -3.78. The van der Waals surface area contributed by atoms with E-state index in [-0.39, 0.29) is 0 Å². The van der Waals surface area contributed by atoms with E-state index in [1.54, 1.807) is 54.6 Å². The van der Waals surface area contributed by atoms with Crippen LogP contribution >= 0.6 is 11.6 Å². The van der Waals surface area contributed by atoms with Crippen molar-refractivity contribution in [3.8, 4) is 0 Å². The molecule has 2 aromatic carbocycles. The number of sulfone groups is 1. The van der Waals surface area contributed by atoms with Gasteiger partial charge in [-0.1, -0.05) is 41.9 Å². The number of amides is 1. The molecule has 24 heavy (non-hydrogen) atoms. The summed E-state index contributed by atoms with van der Waals surface area (Å²) in [6.07, 6.45) is 0.972. The molecule has 2 atom stereocenters. The van der Waals surface area contributed by atoms with Crippen LogP contribution in [0.25, 0.3) is 0 Å². The van der Waals surface area contributed by atoms with Gasteiger partial charge in [0.25, 0.3) is 5.91 Å². The molecule has 3 rings (SSSR count). The third-order valence-electron chi connectivity index (χ3n) is 3.96. The molecular weight excluding hydrogens is 350 g/mol.